The summed E-state index contributed by atoms with van der Waals surface area (Å²) < 4.78 is 81.6. The van der Waals surface area contributed by atoms with E-state index >= 15 is 0 Å². The van der Waals surface area contributed by atoms with Crippen LogP contribution >= 0.6 is 0 Å². The fourth-order valence-electron chi connectivity index (χ4n) is 8.23. The Kier molecular flexibility index (Phi) is 12.6. The van der Waals surface area contributed by atoms with Gasteiger partial charge in [-0.2, -0.15) is 20.2 Å². The number of methoxy groups -OCH3 is 2. The van der Waals surface area contributed by atoms with Gasteiger partial charge in [-0.3, -0.25) is 14.6 Å². The van der Waals surface area contributed by atoms with Crippen LogP contribution < -0.4 is 9.47 Å². The Balaban J connectivity index is 0.000000186. The third-order valence-electron chi connectivity index (χ3n) is 11.5. The highest BCUT2D eigenvalue weighted by molar-refractivity contribution is 5.97. The van der Waals surface area contributed by atoms with E-state index in [1.165, 1.54) is 59.0 Å². The van der Waals surface area contributed by atoms with Gasteiger partial charge in [0.2, 0.25) is 0 Å². The summed E-state index contributed by atoms with van der Waals surface area (Å²) in [5.74, 6) is -1.36. The molecule has 0 N–H and O–H groups in total. The number of amides is 2. The van der Waals surface area contributed by atoms with Gasteiger partial charge in [0.05, 0.1) is 42.4 Å². The maximum atomic E-state index is 14.7. The van der Waals surface area contributed by atoms with Gasteiger partial charge in [0.1, 0.15) is 24.0 Å². The van der Waals surface area contributed by atoms with Crippen LogP contribution in [0.4, 0.5) is 22.0 Å². The van der Waals surface area contributed by atoms with E-state index in [9.17, 15) is 31.5 Å². The standard InChI is InChI=1S/C21H24F2N6O2.C20H21F3N6O2/c1-11-5-6-28(20(30)14-7-12(2)26-13(3)18(14)31-4)9-15(11)17-8-16(19(22)23)27-21-24-10-25-29(17)21;1-10-4-5-28(19(30)12-6-11(2)26-18(31-3)16(12)21)8-13(10)15-7-14(17(22)23)27-20-24-9-25-29(15)20/h7-8,10-11,15,19H,5-6,9H2,1-4H3;6-7,9-10,13,17H,4-5,8H2,1-3H3/t11-,15-;10-,13-/m11/s1. The second-order valence-electron chi connectivity index (χ2n) is 15.6. The summed E-state index contributed by atoms with van der Waals surface area (Å²) in [6, 6.07) is 5.78. The molecule has 21 heteroatoms. The summed E-state index contributed by atoms with van der Waals surface area (Å²) in [5, 5.41) is 8.29. The van der Waals surface area contributed by atoms with Crippen LogP contribution in [0.2, 0.25) is 0 Å². The molecule has 0 spiro atoms. The number of carbonyl (C=O) groups is 2. The summed E-state index contributed by atoms with van der Waals surface area (Å²) >= 11 is 0. The Morgan fingerprint density at radius 2 is 1.15 bits per heavy atom. The fourth-order valence-corrected chi connectivity index (χ4v) is 8.23. The molecule has 2 fully saturated rings. The van der Waals surface area contributed by atoms with Gasteiger partial charge in [-0.05, 0) is 69.7 Å². The zero-order valence-electron chi connectivity index (χ0n) is 35.1. The lowest BCUT2D eigenvalue weighted by Crippen LogP contribution is -2.43. The zero-order valence-corrected chi connectivity index (χ0v) is 35.1. The molecular weight excluding hydrogens is 820 g/mol. The maximum Gasteiger partial charge on any atom is 0.280 e. The topological polar surface area (TPSA) is 171 Å². The van der Waals surface area contributed by atoms with Crippen molar-refractivity contribution in [3.8, 4) is 11.6 Å². The second-order valence-corrected chi connectivity index (χ2v) is 15.6. The number of alkyl halides is 4. The lowest BCUT2D eigenvalue weighted by Gasteiger charge is -2.37. The van der Waals surface area contributed by atoms with Gasteiger partial charge in [-0.15, -0.1) is 0 Å². The molecule has 0 aromatic carbocycles. The Labute approximate surface area is 352 Å². The minimum absolute atomic E-state index is 0.0722. The van der Waals surface area contributed by atoms with Crippen LogP contribution in [-0.2, 0) is 0 Å². The third-order valence-corrected chi connectivity index (χ3v) is 11.5. The largest absolute Gasteiger partial charge is 0.494 e. The van der Waals surface area contributed by atoms with E-state index in [1.807, 2.05) is 13.8 Å². The molecule has 2 saturated heterocycles. The first-order valence-electron chi connectivity index (χ1n) is 19.9. The molecule has 16 nitrogen and oxygen atoms in total. The molecule has 0 saturated carbocycles. The zero-order chi connectivity index (χ0) is 44.6. The summed E-state index contributed by atoms with van der Waals surface area (Å²) in [4.78, 5) is 53.8. The van der Waals surface area contributed by atoms with Crippen molar-refractivity contribution in [2.24, 2.45) is 11.8 Å². The highest BCUT2D eigenvalue weighted by Gasteiger charge is 2.36. The van der Waals surface area contributed by atoms with Gasteiger partial charge in [-0.1, -0.05) is 13.8 Å². The van der Waals surface area contributed by atoms with Crippen LogP contribution in [0.1, 0.15) is 112 Å². The Bertz CT molecular complexity index is 2620. The number of carbonyl (C=O) groups excluding carboxylic acids is 2. The molecule has 6 aromatic heterocycles. The summed E-state index contributed by atoms with van der Waals surface area (Å²) in [5.41, 5.74) is 2.48. The Hall–Kier alpha value is -6.41. The van der Waals surface area contributed by atoms with Crippen molar-refractivity contribution < 1.29 is 41.0 Å². The molecule has 4 atom stereocenters. The molecule has 62 heavy (non-hydrogen) atoms. The molecule has 8 rings (SSSR count). The number of hydrogen-bond donors (Lipinski definition) is 0. The van der Waals surface area contributed by atoms with E-state index in [4.69, 9.17) is 9.47 Å². The Morgan fingerprint density at radius 3 is 1.61 bits per heavy atom. The number of pyridine rings is 2. The van der Waals surface area contributed by atoms with Crippen LogP contribution in [0.5, 0.6) is 11.6 Å². The number of aromatic nitrogens is 10. The van der Waals surface area contributed by atoms with Gasteiger partial charge < -0.3 is 19.3 Å². The van der Waals surface area contributed by atoms with Crippen molar-refractivity contribution in [1.82, 2.24) is 58.9 Å². The SMILES string of the molecule is COc1c(C(=O)N2CC[C@@H](C)[C@H](c3cc(C(F)F)nc4ncnn34)C2)cc(C)nc1C.COc1nc(C)cc(C(=O)N2CC[C@@H](C)[C@H](c3cc(C(F)F)nc4ncnn34)C2)c1F. The number of hydrogen-bond acceptors (Lipinski definition) is 12. The number of piperidine rings is 2. The lowest BCUT2D eigenvalue weighted by atomic mass is 9.84. The van der Waals surface area contributed by atoms with Crippen molar-refractivity contribution in [3.63, 3.8) is 0 Å². The number of ether oxygens (including phenoxy) is 2. The lowest BCUT2D eigenvalue weighted by molar-refractivity contribution is 0.0653. The molecule has 328 valence electrons. The fraction of sp³-hybridized carbons (Fsp3) is 0.463. The van der Waals surface area contributed by atoms with Crippen LogP contribution in [0.25, 0.3) is 11.6 Å². The normalized spacial score (nSPS) is 19.3. The first-order chi connectivity index (χ1) is 29.6. The number of nitrogens with zero attached hydrogens (tertiary/aromatic N) is 12. The molecule has 2 aliphatic rings. The first-order valence-corrected chi connectivity index (χ1v) is 19.9. The average molecular weight is 865 g/mol. The van der Waals surface area contributed by atoms with Crippen LogP contribution in [0.3, 0.4) is 0 Å². The van der Waals surface area contributed by atoms with E-state index in [1.54, 1.807) is 24.8 Å². The second kappa shape index (κ2) is 17.9. The van der Waals surface area contributed by atoms with E-state index < -0.39 is 30.3 Å². The van der Waals surface area contributed by atoms with Crippen molar-refractivity contribution in [3.05, 3.63) is 93.7 Å². The van der Waals surface area contributed by atoms with Gasteiger partial charge in [0.25, 0.3) is 42.1 Å². The van der Waals surface area contributed by atoms with Crippen LogP contribution in [-0.4, -0.2) is 111 Å². The predicted molar refractivity (Wildman–Crippen MR) is 212 cm³/mol. The van der Waals surface area contributed by atoms with E-state index in [-0.39, 0.29) is 64.8 Å². The van der Waals surface area contributed by atoms with Gasteiger partial charge in [0, 0.05) is 49.4 Å². The minimum Gasteiger partial charge on any atom is -0.494 e. The number of fused-ring (bicyclic) bond motifs is 2. The van der Waals surface area contributed by atoms with Crippen molar-refractivity contribution >= 4 is 23.4 Å². The Morgan fingerprint density at radius 1 is 0.677 bits per heavy atom. The van der Waals surface area contributed by atoms with Gasteiger partial charge in [0.15, 0.2) is 11.6 Å². The smallest absolute Gasteiger partial charge is 0.280 e. The molecule has 2 amide bonds. The van der Waals surface area contributed by atoms with E-state index in [0.717, 1.165) is 12.1 Å². The molecule has 0 radical (unpaired) electrons. The van der Waals surface area contributed by atoms with Gasteiger partial charge >= 0.3 is 0 Å². The average Bonchev–Trinajstić information content (AvgIpc) is 3.94. The molecule has 0 aliphatic carbocycles. The minimum atomic E-state index is -2.77. The molecule has 2 aliphatic heterocycles. The number of rotatable bonds is 8. The van der Waals surface area contributed by atoms with Crippen molar-refractivity contribution in [2.75, 3.05) is 40.4 Å². The summed E-state index contributed by atoms with van der Waals surface area (Å²) in [6.45, 7) is 10.9. The monoisotopic (exact) mass is 864 g/mol. The summed E-state index contributed by atoms with van der Waals surface area (Å²) in [7, 11) is 2.80. The highest BCUT2D eigenvalue weighted by Crippen LogP contribution is 2.37. The summed E-state index contributed by atoms with van der Waals surface area (Å²) in [6.07, 6.45) is -1.60. The maximum absolute atomic E-state index is 14.7. The van der Waals surface area contributed by atoms with Crippen molar-refractivity contribution in [1.29, 1.82) is 0 Å². The van der Waals surface area contributed by atoms with Gasteiger partial charge in [-0.25, -0.2) is 45.9 Å². The molecule has 8 heterocycles. The quantitative estimate of drug-likeness (QED) is 0.152. The molecule has 0 bridgehead atoms. The van der Waals surface area contributed by atoms with Crippen LogP contribution in [0, 0.1) is 38.4 Å². The van der Waals surface area contributed by atoms with Crippen LogP contribution in [0.15, 0.2) is 36.9 Å². The molecule has 6 aromatic rings. The number of halogens is 5. The number of likely N-dealkylation sites (tertiary alicyclic amines) is 2. The van der Waals surface area contributed by atoms with E-state index in [2.05, 4.69) is 47.0 Å². The van der Waals surface area contributed by atoms with Crippen molar-refractivity contribution in [2.45, 2.75) is 72.1 Å². The molecule has 0 unspecified atom stereocenters. The van der Waals surface area contributed by atoms with E-state index in [0.29, 0.717) is 60.1 Å². The molecular formula is C41H45F5N12O4. The predicted octanol–water partition coefficient (Wildman–Crippen LogP) is 6.53. The third kappa shape index (κ3) is 8.56. The first kappa shape index (κ1) is 43.7. The highest BCUT2D eigenvalue weighted by atomic mass is 19.3. The number of aryl methyl sites for hydroxylation is 3.